The van der Waals surface area contributed by atoms with Gasteiger partial charge in [0.05, 0.1) is 5.56 Å². The molecule has 2 aromatic heterocycles. The number of hydrogen-bond donors (Lipinski definition) is 2. The third-order valence-corrected chi connectivity index (χ3v) is 2.87. The van der Waals surface area contributed by atoms with Crippen molar-refractivity contribution in [2.45, 2.75) is 6.42 Å². The van der Waals surface area contributed by atoms with Gasteiger partial charge in [0, 0.05) is 45.1 Å². The summed E-state index contributed by atoms with van der Waals surface area (Å²) < 4.78 is 1.80. The van der Waals surface area contributed by atoms with Crippen LogP contribution >= 0.6 is 0 Å². The number of hydrogen-bond acceptors (Lipinski definition) is 4. The van der Waals surface area contributed by atoms with Gasteiger partial charge in [-0.05, 0) is 18.2 Å². The standard InChI is InChI=1S/C13H17N5O/c1-14-12-4-3-10(9-16-12)13(19)15-7-5-11-6-8-17-18(11)2/h3-4,6,8-9H,5,7H2,1-2H3,(H,14,16)(H,15,19). The molecule has 0 atom stereocenters. The fraction of sp³-hybridized carbons (Fsp3) is 0.308. The van der Waals surface area contributed by atoms with Crippen LogP contribution in [0, 0.1) is 0 Å². The summed E-state index contributed by atoms with van der Waals surface area (Å²) in [5.74, 6) is 0.628. The molecule has 6 heteroatoms. The largest absolute Gasteiger partial charge is 0.373 e. The van der Waals surface area contributed by atoms with Crippen molar-refractivity contribution in [1.29, 1.82) is 0 Å². The van der Waals surface area contributed by atoms with Crippen LogP contribution in [0.2, 0.25) is 0 Å². The van der Waals surface area contributed by atoms with Gasteiger partial charge in [-0.2, -0.15) is 5.10 Å². The molecule has 0 aliphatic carbocycles. The third-order valence-electron chi connectivity index (χ3n) is 2.87. The molecule has 0 fully saturated rings. The minimum absolute atomic E-state index is 0.114. The van der Waals surface area contributed by atoms with E-state index in [0.717, 1.165) is 17.9 Å². The molecule has 0 saturated heterocycles. The maximum absolute atomic E-state index is 11.9. The summed E-state index contributed by atoms with van der Waals surface area (Å²) in [4.78, 5) is 16.0. The maximum Gasteiger partial charge on any atom is 0.252 e. The Morgan fingerprint density at radius 1 is 1.37 bits per heavy atom. The molecule has 2 aromatic rings. The zero-order valence-corrected chi connectivity index (χ0v) is 11.1. The van der Waals surface area contributed by atoms with Gasteiger partial charge in [0.1, 0.15) is 5.82 Å². The number of carbonyl (C=O) groups is 1. The van der Waals surface area contributed by atoms with Gasteiger partial charge in [-0.1, -0.05) is 0 Å². The first kappa shape index (κ1) is 13.1. The highest BCUT2D eigenvalue weighted by molar-refractivity contribution is 5.94. The van der Waals surface area contributed by atoms with E-state index in [-0.39, 0.29) is 5.91 Å². The second-order valence-electron chi connectivity index (χ2n) is 4.13. The van der Waals surface area contributed by atoms with Crippen molar-refractivity contribution in [2.24, 2.45) is 7.05 Å². The Bertz CT molecular complexity index is 546. The molecule has 19 heavy (non-hydrogen) atoms. The van der Waals surface area contributed by atoms with Gasteiger partial charge in [0.2, 0.25) is 0 Å². The molecule has 1 amide bonds. The van der Waals surface area contributed by atoms with Crippen LogP contribution < -0.4 is 10.6 Å². The van der Waals surface area contributed by atoms with Crippen LogP contribution in [-0.4, -0.2) is 34.3 Å². The van der Waals surface area contributed by atoms with E-state index < -0.39 is 0 Å². The lowest BCUT2D eigenvalue weighted by molar-refractivity contribution is 0.0953. The predicted molar refractivity (Wildman–Crippen MR) is 73.0 cm³/mol. The topological polar surface area (TPSA) is 71.8 Å². The normalized spacial score (nSPS) is 10.2. The van der Waals surface area contributed by atoms with Crippen LogP contribution in [0.1, 0.15) is 16.1 Å². The molecule has 0 aromatic carbocycles. The van der Waals surface area contributed by atoms with Crippen LogP contribution in [0.5, 0.6) is 0 Å². The number of rotatable bonds is 5. The molecule has 0 radical (unpaired) electrons. The second-order valence-corrected chi connectivity index (χ2v) is 4.13. The quantitative estimate of drug-likeness (QED) is 0.834. The average molecular weight is 259 g/mol. The minimum atomic E-state index is -0.114. The van der Waals surface area contributed by atoms with Gasteiger partial charge in [0.15, 0.2) is 0 Å². The van der Waals surface area contributed by atoms with E-state index in [4.69, 9.17) is 0 Å². The van der Waals surface area contributed by atoms with E-state index in [0.29, 0.717) is 12.1 Å². The van der Waals surface area contributed by atoms with Gasteiger partial charge >= 0.3 is 0 Å². The van der Waals surface area contributed by atoms with Crippen molar-refractivity contribution in [3.8, 4) is 0 Å². The van der Waals surface area contributed by atoms with E-state index in [1.807, 2.05) is 13.1 Å². The molecule has 2 N–H and O–H groups in total. The van der Waals surface area contributed by atoms with Crippen molar-refractivity contribution in [3.05, 3.63) is 41.9 Å². The van der Waals surface area contributed by atoms with Crippen molar-refractivity contribution < 1.29 is 4.79 Å². The number of pyridine rings is 1. The lowest BCUT2D eigenvalue weighted by Crippen LogP contribution is -2.26. The summed E-state index contributed by atoms with van der Waals surface area (Å²) in [6.45, 7) is 0.576. The molecule has 0 spiro atoms. The van der Waals surface area contributed by atoms with E-state index in [9.17, 15) is 4.79 Å². The molecule has 0 aliphatic rings. The molecule has 100 valence electrons. The summed E-state index contributed by atoms with van der Waals surface area (Å²) >= 11 is 0. The smallest absolute Gasteiger partial charge is 0.252 e. The SMILES string of the molecule is CNc1ccc(C(=O)NCCc2ccnn2C)cn1. The van der Waals surface area contributed by atoms with Crippen LogP contribution in [0.3, 0.4) is 0 Å². The van der Waals surface area contributed by atoms with Crippen LogP contribution in [0.4, 0.5) is 5.82 Å². The monoisotopic (exact) mass is 259 g/mol. The molecular weight excluding hydrogens is 242 g/mol. The number of aromatic nitrogens is 3. The van der Waals surface area contributed by atoms with Crippen LogP contribution in [-0.2, 0) is 13.5 Å². The zero-order chi connectivity index (χ0) is 13.7. The molecule has 0 saturated carbocycles. The van der Waals surface area contributed by atoms with Crippen molar-refractivity contribution in [2.75, 3.05) is 18.9 Å². The predicted octanol–water partition coefficient (Wildman–Crippen LogP) is 0.829. The van der Waals surface area contributed by atoms with Crippen LogP contribution in [0.15, 0.2) is 30.6 Å². The van der Waals surface area contributed by atoms with E-state index in [2.05, 4.69) is 20.7 Å². The molecule has 0 unspecified atom stereocenters. The number of aryl methyl sites for hydroxylation is 1. The van der Waals surface area contributed by atoms with Crippen LogP contribution in [0.25, 0.3) is 0 Å². The lowest BCUT2D eigenvalue weighted by atomic mass is 10.2. The molecule has 2 rings (SSSR count). The zero-order valence-electron chi connectivity index (χ0n) is 11.1. The number of nitrogens with zero attached hydrogens (tertiary/aromatic N) is 3. The molecule has 6 nitrogen and oxygen atoms in total. The molecule has 0 aliphatic heterocycles. The highest BCUT2D eigenvalue weighted by atomic mass is 16.1. The second kappa shape index (κ2) is 5.99. The number of nitrogens with one attached hydrogen (secondary N) is 2. The van der Waals surface area contributed by atoms with Gasteiger partial charge in [0.25, 0.3) is 5.91 Å². The average Bonchev–Trinajstić information content (AvgIpc) is 2.84. The summed E-state index contributed by atoms with van der Waals surface area (Å²) in [6, 6.07) is 5.46. The number of amides is 1. The summed E-state index contributed by atoms with van der Waals surface area (Å²) in [6.07, 6.45) is 4.06. The third kappa shape index (κ3) is 3.31. The van der Waals surface area contributed by atoms with Crippen molar-refractivity contribution in [1.82, 2.24) is 20.1 Å². The number of carbonyl (C=O) groups excluding carboxylic acids is 1. The first-order valence-electron chi connectivity index (χ1n) is 6.09. The molecular formula is C13H17N5O. The van der Waals surface area contributed by atoms with E-state index in [1.54, 1.807) is 36.3 Å². The van der Waals surface area contributed by atoms with Gasteiger partial charge in [-0.3, -0.25) is 9.48 Å². The Balaban J connectivity index is 1.85. The Kier molecular flexibility index (Phi) is 4.12. The minimum Gasteiger partial charge on any atom is -0.373 e. The molecule has 0 bridgehead atoms. The van der Waals surface area contributed by atoms with Crippen molar-refractivity contribution in [3.63, 3.8) is 0 Å². The van der Waals surface area contributed by atoms with Crippen molar-refractivity contribution >= 4 is 11.7 Å². The number of anilines is 1. The Labute approximate surface area is 111 Å². The fourth-order valence-corrected chi connectivity index (χ4v) is 1.73. The Hall–Kier alpha value is -2.37. The fourth-order valence-electron chi connectivity index (χ4n) is 1.73. The Morgan fingerprint density at radius 3 is 2.79 bits per heavy atom. The first-order valence-corrected chi connectivity index (χ1v) is 6.09. The van der Waals surface area contributed by atoms with Gasteiger partial charge in [-0.15, -0.1) is 0 Å². The summed E-state index contributed by atoms with van der Waals surface area (Å²) in [7, 11) is 3.67. The van der Waals surface area contributed by atoms with Gasteiger partial charge < -0.3 is 10.6 Å². The first-order chi connectivity index (χ1) is 9.20. The summed E-state index contributed by atoms with van der Waals surface area (Å²) in [5, 5.41) is 9.85. The van der Waals surface area contributed by atoms with Gasteiger partial charge in [-0.25, -0.2) is 4.98 Å². The maximum atomic E-state index is 11.9. The molecule has 2 heterocycles. The lowest BCUT2D eigenvalue weighted by Gasteiger charge is -2.06. The van der Waals surface area contributed by atoms with E-state index >= 15 is 0 Å². The highest BCUT2D eigenvalue weighted by Crippen LogP contribution is 2.04. The van der Waals surface area contributed by atoms with E-state index in [1.165, 1.54) is 0 Å². The summed E-state index contributed by atoms with van der Waals surface area (Å²) in [5.41, 5.74) is 1.65. The Morgan fingerprint density at radius 2 is 2.21 bits per heavy atom. The highest BCUT2D eigenvalue weighted by Gasteiger charge is 2.06.